The average molecular weight is 264 g/mol. The zero-order valence-corrected chi connectivity index (χ0v) is 11.5. The van der Waals surface area contributed by atoms with Crippen molar-refractivity contribution in [3.05, 3.63) is 34.0 Å². The van der Waals surface area contributed by atoms with Crippen LogP contribution in [0, 0.1) is 0 Å². The zero-order chi connectivity index (χ0) is 13.2. The number of thiazole rings is 1. The molecule has 0 unspecified atom stereocenters. The van der Waals surface area contributed by atoms with E-state index in [9.17, 15) is 4.79 Å². The van der Waals surface area contributed by atoms with Crippen molar-refractivity contribution in [1.29, 1.82) is 0 Å². The summed E-state index contributed by atoms with van der Waals surface area (Å²) in [4.78, 5) is 16.2. The summed E-state index contributed by atoms with van der Waals surface area (Å²) in [6.07, 6.45) is 1.56. The molecule has 6 heteroatoms. The van der Waals surface area contributed by atoms with Gasteiger partial charge in [-0.1, -0.05) is 20.8 Å². The first-order valence-electron chi connectivity index (χ1n) is 5.68. The third-order valence-electron chi connectivity index (χ3n) is 2.49. The first kappa shape index (κ1) is 12.8. The second-order valence-corrected chi connectivity index (χ2v) is 5.96. The Morgan fingerprint density at radius 3 is 2.83 bits per heavy atom. The van der Waals surface area contributed by atoms with Gasteiger partial charge in [-0.3, -0.25) is 14.9 Å². The second-order valence-electron chi connectivity index (χ2n) is 5.08. The Bertz CT molecular complexity index is 525. The van der Waals surface area contributed by atoms with E-state index in [1.807, 2.05) is 6.07 Å². The van der Waals surface area contributed by atoms with E-state index in [4.69, 9.17) is 0 Å². The van der Waals surface area contributed by atoms with E-state index in [2.05, 4.69) is 41.3 Å². The highest BCUT2D eigenvalue weighted by Gasteiger charge is 2.17. The summed E-state index contributed by atoms with van der Waals surface area (Å²) < 4.78 is 0. The second kappa shape index (κ2) is 4.89. The largest absolute Gasteiger partial charge is 0.346 e. The smallest absolute Gasteiger partial charge is 0.263 e. The molecular weight excluding hydrogens is 248 g/mol. The summed E-state index contributed by atoms with van der Waals surface area (Å²) >= 11 is 1.33. The fourth-order valence-corrected chi connectivity index (χ4v) is 1.96. The lowest BCUT2D eigenvalue weighted by Crippen LogP contribution is -2.22. The Labute approximate surface area is 110 Å². The van der Waals surface area contributed by atoms with Crippen LogP contribution < -0.4 is 5.32 Å². The molecule has 96 valence electrons. The van der Waals surface area contributed by atoms with Crippen molar-refractivity contribution in [3.8, 4) is 0 Å². The Morgan fingerprint density at radius 2 is 2.28 bits per heavy atom. The predicted octanol–water partition coefficient (Wildman–Crippen LogP) is 2.09. The van der Waals surface area contributed by atoms with Crippen LogP contribution in [0.3, 0.4) is 0 Å². The number of amides is 1. The normalized spacial score (nSPS) is 11.5. The number of nitrogens with zero attached hydrogens (tertiary/aromatic N) is 2. The minimum atomic E-state index is -0.107. The first-order chi connectivity index (χ1) is 8.47. The van der Waals surface area contributed by atoms with Gasteiger partial charge in [-0.25, -0.2) is 0 Å². The third-order valence-corrected chi connectivity index (χ3v) is 3.27. The molecule has 2 aromatic heterocycles. The number of nitrogens with one attached hydrogen (secondary N) is 2. The molecule has 0 spiro atoms. The van der Waals surface area contributed by atoms with E-state index < -0.39 is 0 Å². The summed E-state index contributed by atoms with van der Waals surface area (Å²) in [5.74, 6) is -0.107. The summed E-state index contributed by atoms with van der Waals surface area (Å²) in [5, 5.41) is 10.0. The molecule has 0 bridgehead atoms. The maximum atomic E-state index is 11.7. The molecule has 0 saturated carbocycles. The molecule has 0 saturated heterocycles. The van der Waals surface area contributed by atoms with Gasteiger partial charge in [0, 0.05) is 5.41 Å². The molecule has 5 nitrogen and oxygen atoms in total. The molecule has 0 fully saturated rings. The van der Waals surface area contributed by atoms with Crippen LogP contribution in [0.25, 0.3) is 0 Å². The highest BCUT2D eigenvalue weighted by atomic mass is 32.1. The Hall–Kier alpha value is -1.69. The molecule has 0 aromatic carbocycles. The van der Waals surface area contributed by atoms with E-state index in [-0.39, 0.29) is 11.3 Å². The van der Waals surface area contributed by atoms with E-state index in [1.165, 1.54) is 11.3 Å². The fourth-order valence-electron chi connectivity index (χ4n) is 1.43. The van der Waals surface area contributed by atoms with Gasteiger partial charge in [0.2, 0.25) is 0 Å². The van der Waals surface area contributed by atoms with Crippen molar-refractivity contribution in [3.63, 3.8) is 0 Å². The minimum absolute atomic E-state index is 0.0103. The van der Waals surface area contributed by atoms with Gasteiger partial charge in [0.25, 0.3) is 5.91 Å². The summed E-state index contributed by atoms with van der Waals surface area (Å²) in [6.45, 7) is 6.74. The Morgan fingerprint density at radius 1 is 1.50 bits per heavy atom. The number of hydrogen-bond donors (Lipinski definition) is 2. The number of carbonyl (C=O) groups excluding carboxylic acids is 1. The molecule has 2 heterocycles. The summed E-state index contributed by atoms with van der Waals surface area (Å²) in [6, 6.07) is 1.98. The molecule has 2 aromatic rings. The van der Waals surface area contributed by atoms with Crippen LogP contribution in [-0.2, 0) is 12.0 Å². The quantitative estimate of drug-likeness (QED) is 0.891. The fraction of sp³-hybridized carbons (Fsp3) is 0.417. The molecular formula is C12H16N4OS. The van der Waals surface area contributed by atoms with Crippen molar-refractivity contribution in [1.82, 2.24) is 20.5 Å². The molecule has 0 aliphatic heterocycles. The molecule has 2 rings (SSSR count). The number of rotatable bonds is 3. The Balaban J connectivity index is 1.95. The number of hydrogen-bond acceptors (Lipinski definition) is 4. The highest BCUT2D eigenvalue weighted by Crippen LogP contribution is 2.20. The third kappa shape index (κ3) is 2.95. The van der Waals surface area contributed by atoms with Crippen LogP contribution in [0.1, 0.15) is 41.8 Å². The van der Waals surface area contributed by atoms with Gasteiger partial charge < -0.3 is 5.32 Å². The summed E-state index contributed by atoms with van der Waals surface area (Å²) in [7, 11) is 0. The van der Waals surface area contributed by atoms with Gasteiger partial charge in [0.1, 0.15) is 4.88 Å². The standard InChI is InChI=1S/C12H16N4OS/c1-12(2,3)10-4-8(15-16-10)5-14-11(17)9-6-13-7-18-9/h4,6-7H,5H2,1-3H3,(H,14,17)(H,15,16). The van der Waals surface area contributed by atoms with Gasteiger partial charge in [-0.15, -0.1) is 11.3 Å². The first-order valence-corrected chi connectivity index (χ1v) is 6.56. The Kier molecular flexibility index (Phi) is 3.47. The van der Waals surface area contributed by atoms with Crippen LogP contribution in [-0.4, -0.2) is 21.1 Å². The van der Waals surface area contributed by atoms with Crippen LogP contribution in [0.4, 0.5) is 0 Å². The lowest BCUT2D eigenvalue weighted by Gasteiger charge is -2.13. The lowest BCUT2D eigenvalue weighted by molar-refractivity contribution is 0.0954. The predicted molar refractivity (Wildman–Crippen MR) is 70.6 cm³/mol. The minimum Gasteiger partial charge on any atom is -0.346 e. The molecule has 0 aliphatic carbocycles. The highest BCUT2D eigenvalue weighted by molar-refractivity contribution is 7.11. The van der Waals surface area contributed by atoms with E-state index in [1.54, 1.807) is 11.7 Å². The SMILES string of the molecule is CC(C)(C)c1cc(CNC(=O)c2cncs2)[nH]n1. The van der Waals surface area contributed by atoms with Gasteiger partial charge >= 0.3 is 0 Å². The number of H-pyrrole nitrogens is 1. The summed E-state index contributed by atoms with van der Waals surface area (Å²) in [5.41, 5.74) is 3.54. The monoisotopic (exact) mass is 264 g/mol. The van der Waals surface area contributed by atoms with Crippen LogP contribution in [0.2, 0.25) is 0 Å². The maximum absolute atomic E-state index is 11.7. The molecule has 0 aliphatic rings. The van der Waals surface area contributed by atoms with E-state index in [0.29, 0.717) is 11.4 Å². The van der Waals surface area contributed by atoms with Crippen LogP contribution in [0.15, 0.2) is 17.8 Å². The van der Waals surface area contributed by atoms with Crippen molar-refractivity contribution in [2.45, 2.75) is 32.7 Å². The van der Waals surface area contributed by atoms with Crippen molar-refractivity contribution >= 4 is 17.2 Å². The van der Waals surface area contributed by atoms with Crippen molar-refractivity contribution in [2.75, 3.05) is 0 Å². The van der Waals surface area contributed by atoms with Crippen molar-refractivity contribution in [2.24, 2.45) is 0 Å². The zero-order valence-electron chi connectivity index (χ0n) is 10.7. The van der Waals surface area contributed by atoms with Crippen LogP contribution in [0.5, 0.6) is 0 Å². The topological polar surface area (TPSA) is 70.7 Å². The van der Waals surface area contributed by atoms with Crippen molar-refractivity contribution < 1.29 is 4.79 Å². The van der Waals surface area contributed by atoms with Gasteiger partial charge in [0.15, 0.2) is 0 Å². The van der Waals surface area contributed by atoms with Gasteiger partial charge in [0.05, 0.1) is 29.6 Å². The van der Waals surface area contributed by atoms with Gasteiger partial charge in [-0.2, -0.15) is 5.10 Å². The maximum Gasteiger partial charge on any atom is 0.263 e. The number of aromatic nitrogens is 3. The van der Waals surface area contributed by atoms with Crippen LogP contribution >= 0.6 is 11.3 Å². The molecule has 0 atom stereocenters. The van der Waals surface area contributed by atoms with E-state index >= 15 is 0 Å². The molecule has 18 heavy (non-hydrogen) atoms. The van der Waals surface area contributed by atoms with Gasteiger partial charge in [-0.05, 0) is 6.07 Å². The number of carbonyl (C=O) groups is 1. The lowest BCUT2D eigenvalue weighted by atomic mass is 9.92. The average Bonchev–Trinajstić information content (AvgIpc) is 2.96. The molecule has 0 radical (unpaired) electrons. The van der Waals surface area contributed by atoms with E-state index in [0.717, 1.165) is 11.4 Å². The number of aromatic amines is 1. The molecule has 1 amide bonds. The molecule has 2 N–H and O–H groups in total.